The Hall–Kier alpha value is -2.47. The summed E-state index contributed by atoms with van der Waals surface area (Å²) in [4.78, 5) is 29.7. The fourth-order valence-corrected chi connectivity index (χ4v) is 2.40. The first kappa shape index (κ1) is 14.5. The number of hydrogen-bond donors (Lipinski definition) is 0. The van der Waals surface area contributed by atoms with Crippen molar-refractivity contribution in [3.8, 4) is 0 Å². The van der Waals surface area contributed by atoms with Crippen LogP contribution in [0.25, 0.3) is 0 Å². The minimum absolute atomic E-state index is 0.0217. The number of aromatic nitrogens is 2. The van der Waals surface area contributed by atoms with E-state index in [9.17, 15) is 9.59 Å². The van der Waals surface area contributed by atoms with Crippen LogP contribution in [0.15, 0.2) is 47.7 Å². The maximum Gasteiger partial charge on any atom is 0.254 e. The molecule has 1 aromatic heterocycles. The van der Waals surface area contributed by atoms with Crippen molar-refractivity contribution < 1.29 is 9.53 Å². The molecular weight excluding hydrogens is 282 g/mol. The third-order valence-electron chi connectivity index (χ3n) is 3.64. The zero-order valence-corrected chi connectivity index (χ0v) is 12.1. The Morgan fingerprint density at radius 3 is 2.55 bits per heavy atom. The molecule has 0 saturated carbocycles. The predicted octanol–water partition coefficient (Wildman–Crippen LogP) is 0.764. The van der Waals surface area contributed by atoms with Crippen LogP contribution in [0.5, 0.6) is 0 Å². The molecular formula is C16H17N3O3. The van der Waals surface area contributed by atoms with E-state index in [1.165, 1.54) is 23.2 Å². The SMILES string of the molecule is O=C(c1ccc(Cn2cnccc2=O)cc1)N1CCOCC1. The topological polar surface area (TPSA) is 64.4 Å². The lowest BCUT2D eigenvalue weighted by atomic mass is 10.1. The number of carbonyl (C=O) groups excluding carboxylic acids is 1. The molecule has 1 saturated heterocycles. The highest BCUT2D eigenvalue weighted by Crippen LogP contribution is 2.10. The number of nitrogens with zero attached hydrogens (tertiary/aromatic N) is 3. The summed E-state index contributed by atoms with van der Waals surface area (Å²) < 4.78 is 6.78. The number of hydrogen-bond acceptors (Lipinski definition) is 4. The zero-order chi connectivity index (χ0) is 15.4. The van der Waals surface area contributed by atoms with E-state index in [0.29, 0.717) is 38.4 Å². The van der Waals surface area contributed by atoms with E-state index in [1.54, 1.807) is 17.0 Å². The summed E-state index contributed by atoms with van der Waals surface area (Å²) >= 11 is 0. The normalized spacial score (nSPS) is 14.8. The van der Waals surface area contributed by atoms with Crippen molar-refractivity contribution >= 4 is 5.91 Å². The summed E-state index contributed by atoms with van der Waals surface area (Å²) in [5.74, 6) is 0.0217. The number of ether oxygens (including phenoxy) is 1. The van der Waals surface area contributed by atoms with Crippen LogP contribution in [0, 0.1) is 0 Å². The quantitative estimate of drug-likeness (QED) is 0.839. The van der Waals surface area contributed by atoms with E-state index >= 15 is 0 Å². The average molecular weight is 299 g/mol. The maximum atomic E-state index is 12.3. The van der Waals surface area contributed by atoms with Crippen LogP contribution in [-0.2, 0) is 11.3 Å². The number of amides is 1. The zero-order valence-electron chi connectivity index (χ0n) is 12.1. The van der Waals surface area contributed by atoms with Gasteiger partial charge in [-0.05, 0) is 17.7 Å². The molecule has 1 aromatic carbocycles. The molecule has 6 heteroatoms. The van der Waals surface area contributed by atoms with Crippen LogP contribution in [0.3, 0.4) is 0 Å². The van der Waals surface area contributed by atoms with Gasteiger partial charge in [0.25, 0.3) is 11.5 Å². The molecule has 0 bridgehead atoms. The highest BCUT2D eigenvalue weighted by molar-refractivity contribution is 5.94. The highest BCUT2D eigenvalue weighted by Gasteiger charge is 2.18. The summed E-state index contributed by atoms with van der Waals surface area (Å²) in [5, 5.41) is 0. The van der Waals surface area contributed by atoms with Crippen LogP contribution < -0.4 is 5.56 Å². The third-order valence-corrected chi connectivity index (χ3v) is 3.64. The summed E-state index contributed by atoms with van der Waals surface area (Å²) in [5.41, 5.74) is 1.52. The molecule has 1 aliphatic heterocycles. The molecule has 1 fully saturated rings. The summed E-state index contributed by atoms with van der Waals surface area (Å²) in [6, 6.07) is 8.76. The van der Waals surface area contributed by atoms with Gasteiger partial charge in [0.2, 0.25) is 0 Å². The second-order valence-corrected chi connectivity index (χ2v) is 5.15. The summed E-state index contributed by atoms with van der Waals surface area (Å²) in [6.45, 7) is 2.89. The monoisotopic (exact) mass is 299 g/mol. The first-order valence-electron chi connectivity index (χ1n) is 7.20. The lowest BCUT2D eigenvalue weighted by Crippen LogP contribution is -2.40. The second-order valence-electron chi connectivity index (χ2n) is 5.15. The van der Waals surface area contributed by atoms with Gasteiger partial charge in [-0.25, -0.2) is 4.98 Å². The third kappa shape index (κ3) is 3.23. The van der Waals surface area contributed by atoms with E-state index < -0.39 is 0 Å². The Morgan fingerprint density at radius 1 is 1.14 bits per heavy atom. The Balaban J connectivity index is 1.71. The Kier molecular flexibility index (Phi) is 4.29. The fraction of sp³-hybridized carbons (Fsp3) is 0.312. The molecule has 6 nitrogen and oxygen atoms in total. The predicted molar refractivity (Wildman–Crippen MR) is 80.8 cm³/mol. The molecule has 22 heavy (non-hydrogen) atoms. The van der Waals surface area contributed by atoms with Gasteiger partial charge in [-0.1, -0.05) is 12.1 Å². The first-order chi connectivity index (χ1) is 10.7. The molecule has 1 aliphatic rings. The Bertz CT molecular complexity index is 703. The Morgan fingerprint density at radius 2 is 1.86 bits per heavy atom. The highest BCUT2D eigenvalue weighted by atomic mass is 16.5. The van der Waals surface area contributed by atoms with Crippen molar-refractivity contribution in [3.05, 3.63) is 64.3 Å². The molecule has 0 spiro atoms. The van der Waals surface area contributed by atoms with Gasteiger partial charge in [0.1, 0.15) is 0 Å². The molecule has 3 rings (SSSR count). The lowest BCUT2D eigenvalue weighted by molar-refractivity contribution is 0.0303. The smallest absolute Gasteiger partial charge is 0.254 e. The first-order valence-corrected chi connectivity index (χ1v) is 7.20. The summed E-state index contributed by atoms with van der Waals surface area (Å²) in [7, 11) is 0. The molecule has 2 aromatic rings. The molecule has 1 amide bonds. The van der Waals surface area contributed by atoms with E-state index in [4.69, 9.17) is 4.74 Å². The van der Waals surface area contributed by atoms with Gasteiger partial charge < -0.3 is 9.64 Å². The average Bonchev–Trinajstić information content (AvgIpc) is 2.58. The molecule has 0 aliphatic carbocycles. The number of morpholine rings is 1. The van der Waals surface area contributed by atoms with Gasteiger partial charge in [0.05, 0.1) is 26.1 Å². The van der Waals surface area contributed by atoms with Gasteiger partial charge in [-0.2, -0.15) is 0 Å². The van der Waals surface area contributed by atoms with Gasteiger partial charge in [-0.15, -0.1) is 0 Å². The summed E-state index contributed by atoms with van der Waals surface area (Å²) in [6.07, 6.45) is 2.98. The maximum absolute atomic E-state index is 12.3. The van der Waals surface area contributed by atoms with E-state index in [-0.39, 0.29) is 11.5 Å². The van der Waals surface area contributed by atoms with Gasteiger partial charge in [0, 0.05) is 30.9 Å². The van der Waals surface area contributed by atoms with Gasteiger partial charge >= 0.3 is 0 Å². The van der Waals surface area contributed by atoms with Gasteiger partial charge in [0.15, 0.2) is 0 Å². The van der Waals surface area contributed by atoms with Crippen molar-refractivity contribution in [2.45, 2.75) is 6.54 Å². The van der Waals surface area contributed by atoms with E-state index in [1.807, 2.05) is 12.1 Å². The van der Waals surface area contributed by atoms with Crippen molar-refractivity contribution in [2.75, 3.05) is 26.3 Å². The molecule has 0 atom stereocenters. The largest absolute Gasteiger partial charge is 0.378 e. The molecule has 0 radical (unpaired) electrons. The molecule has 2 heterocycles. The van der Waals surface area contributed by atoms with Gasteiger partial charge in [-0.3, -0.25) is 14.2 Å². The van der Waals surface area contributed by atoms with E-state index in [0.717, 1.165) is 5.56 Å². The molecule has 0 unspecified atom stereocenters. The van der Waals surface area contributed by atoms with Crippen LogP contribution in [0.4, 0.5) is 0 Å². The minimum atomic E-state index is -0.0940. The minimum Gasteiger partial charge on any atom is -0.378 e. The van der Waals surface area contributed by atoms with Crippen molar-refractivity contribution in [3.63, 3.8) is 0 Å². The molecule has 0 N–H and O–H groups in total. The van der Waals surface area contributed by atoms with Crippen molar-refractivity contribution in [1.82, 2.24) is 14.5 Å². The number of benzene rings is 1. The van der Waals surface area contributed by atoms with E-state index in [2.05, 4.69) is 4.98 Å². The van der Waals surface area contributed by atoms with Crippen molar-refractivity contribution in [2.24, 2.45) is 0 Å². The standard InChI is InChI=1S/C16H17N3O3/c20-15-5-6-17-12-19(15)11-13-1-3-14(4-2-13)16(21)18-7-9-22-10-8-18/h1-6,12H,7-11H2. The van der Waals surface area contributed by atoms with Crippen LogP contribution in [-0.4, -0.2) is 46.7 Å². The fourth-order valence-electron chi connectivity index (χ4n) is 2.40. The second kappa shape index (κ2) is 6.53. The van der Waals surface area contributed by atoms with Crippen LogP contribution in [0.1, 0.15) is 15.9 Å². The molecule has 114 valence electrons. The Labute approximate surface area is 128 Å². The van der Waals surface area contributed by atoms with Crippen LogP contribution in [0.2, 0.25) is 0 Å². The number of rotatable bonds is 3. The van der Waals surface area contributed by atoms with Crippen molar-refractivity contribution in [1.29, 1.82) is 0 Å². The van der Waals surface area contributed by atoms with Crippen LogP contribution >= 0.6 is 0 Å². The number of carbonyl (C=O) groups is 1. The lowest BCUT2D eigenvalue weighted by Gasteiger charge is -2.26.